The van der Waals surface area contributed by atoms with Gasteiger partial charge in [0.25, 0.3) is 11.8 Å². The number of carbonyl (C=O) groups is 4. The van der Waals surface area contributed by atoms with Gasteiger partial charge in [-0.1, -0.05) is 31.5 Å². The maximum Gasteiger partial charge on any atom is 0.276 e. The van der Waals surface area contributed by atoms with Crippen LogP contribution in [-0.2, 0) is 19.2 Å². The Morgan fingerprint density at radius 1 is 1.03 bits per heavy atom. The summed E-state index contributed by atoms with van der Waals surface area (Å²) in [6.07, 6.45) is 0.833. The molecule has 1 aliphatic heterocycles. The van der Waals surface area contributed by atoms with Crippen LogP contribution < -0.4 is 19.8 Å². The number of ether oxygens (including phenoxy) is 2. The number of hydrogen-bond donors (Lipinski definition) is 1. The predicted octanol–water partition coefficient (Wildman–Crippen LogP) is 3.01. The molecule has 186 valence electrons. The maximum absolute atomic E-state index is 13.3. The minimum atomic E-state index is -1.14. The molecule has 1 atom stereocenters. The van der Waals surface area contributed by atoms with Gasteiger partial charge in [0.05, 0.1) is 19.2 Å². The molecule has 0 aromatic heterocycles. The van der Waals surface area contributed by atoms with E-state index in [1.807, 2.05) is 20.8 Å². The quantitative estimate of drug-likeness (QED) is 0.436. The van der Waals surface area contributed by atoms with Gasteiger partial charge in [0, 0.05) is 5.92 Å². The molecule has 1 heterocycles. The Morgan fingerprint density at radius 3 is 2.20 bits per heavy atom. The predicted molar refractivity (Wildman–Crippen MR) is 130 cm³/mol. The molecule has 2 aromatic rings. The molecule has 1 aliphatic rings. The fourth-order valence-electron chi connectivity index (χ4n) is 3.89. The SMILES string of the molecule is CCC(CC)C(=O)N(NC(=O)COc1ccc(OC)cc1)C1CC(=O)N(c2ccc(C)cc2)C1=O. The van der Waals surface area contributed by atoms with Gasteiger partial charge in [0.15, 0.2) is 6.61 Å². The van der Waals surface area contributed by atoms with E-state index in [4.69, 9.17) is 9.47 Å². The monoisotopic (exact) mass is 481 g/mol. The number of hydrogen-bond acceptors (Lipinski definition) is 6. The second kappa shape index (κ2) is 11.5. The highest BCUT2D eigenvalue weighted by atomic mass is 16.5. The molecule has 35 heavy (non-hydrogen) atoms. The van der Waals surface area contributed by atoms with Gasteiger partial charge in [0.1, 0.15) is 17.5 Å². The van der Waals surface area contributed by atoms with Gasteiger partial charge in [-0.25, -0.2) is 9.91 Å². The van der Waals surface area contributed by atoms with Crippen molar-refractivity contribution < 1.29 is 28.7 Å². The Morgan fingerprint density at radius 2 is 1.63 bits per heavy atom. The van der Waals surface area contributed by atoms with Crippen LogP contribution in [0.2, 0.25) is 0 Å². The Balaban J connectivity index is 1.78. The lowest BCUT2D eigenvalue weighted by atomic mass is 10.0. The molecule has 9 nitrogen and oxygen atoms in total. The number of rotatable bonds is 9. The minimum Gasteiger partial charge on any atom is -0.497 e. The van der Waals surface area contributed by atoms with Crippen LogP contribution in [0, 0.1) is 12.8 Å². The molecule has 9 heteroatoms. The Labute approximate surface area is 205 Å². The zero-order chi connectivity index (χ0) is 25.5. The molecular weight excluding hydrogens is 450 g/mol. The molecule has 0 bridgehead atoms. The number of nitrogens with zero attached hydrogens (tertiary/aromatic N) is 2. The van der Waals surface area contributed by atoms with Gasteiger partial charge in [-0.2, -0.15) is 0 Å². The number of methoxy groups -OCH3 is 1. The molecule has 0 spiro atoms. The summed E-state index contributed by atoms with van der Waals surface area (Å²) in [5.74, 6) is -1.35. The van der Waals surface area contributed by atoms with Crippen molar-refractivity contribution in [2.45, 2.75) is 46.1 Å². The smallest absolute Gasteiger partial charge is 0.276 e. The number of anilines is 1. The van der Waals surface area contributed by atoms with Crippen molar-refractivity contribution >= 4 is 29.3 Å². The fraction of sp³-hybridized carbons (Fsp3) is 0.385. The molecular formula is C26H31N3O6. The van der Waals surface area contributed by atoms with E-state index in [9.17, 15) is 19.2 Å². The second-order valence-electron chi connectivity index (χ2n) is 8.34. The van der Waals surface area contributed by atoms with Crippen molar-refractivity contribution in [2.24, 2.45) is 5.92 Å². The van der Waals surface area contributed by atoms with E-state index in [1.165, 1.54) is 0 Å². The van der Waals surface area contributed by atoms with Gasteiger partial charge < -0.3 is 9.47 Å². The average molecular weight is 482 g/mol. The van der Waals surface area contributed by atoms with Crippen molar-refractivity contribution in [1.82, 2.24) is 10.4 Å². The van der Waals surface area contributed by atoms with E-state index in [0.717, 1.165) is 15.5 Å². The highest BCUT2D eigenvalue weighted by molar-refractivity contribution is 6.23. The van der Waals surface area contributed by atoms with Crippen LogP contribution in [0.5, 0.6) is 11.5 Å². The normalized spacial score (nSPS) is 15.3. The molecule has 0 radical (unpaired) electrons. The summed E-state index contributed by atoms with van der Waals surface area (Å²) >= 11 is 0. The number of benzene rings is 2. The summed E-state index contributed by atoms with van der Waals surface area (Å²) in [5.41, 5.74) is 3.94. The zero-order valence-corrected chi connectivity index (χ0v) is 20.4. The first-order valence-electron chi connectivity index (χ1n) is 11.6. The summed E-state index contributed by atoms with van der Waals surface area (Å²) in [7, 11) is 1.55. The molecule has 0 saturated carbocycles. The third-order valence-corrected chi connectivity index (χ3v) is 5.97. The molecule has 4 amide bonds. The van der Waals surface area contributed by atoms with E-state index in [0.29, 0.717) is 30.0 Å². The number of carbonyl (C=O) groups excluding carboxylic acids is 4. The minimum absolute atomic E-state index is 0.224. The first-order chi connectivity index (χ1) is 16.8. The topological polar surface area (TPSA) is 105 Å². The van der Waals surface area contributed by atoms with Crippen molar-refractivity contribution in [3.05, 3.63) is 54.1 Å². The summed E-state index contributed by atoms with van der Waals surface area (Å²) < 4.78 is 10.6. The van der Waals surface area contributed by atoms with Gasteiger partial charge in [-0.15, -0.1) is 0 Å². The summed E-state index contributed by atoms with van der Waals surface area (Å²) in [4.78, 5) is 53.1. The highest BCUT2D eigenvalue weighted by Gasteiger charge is 2.46. The van der Waals surface area contributed by atoms with Gasteiger partial charge in [-0.3, -0.25) is 24.6 Å². The largest absolute Gasteiger partial charge is 0.497 e. The van der Waals surface area contributed by atoms with Crippen LogP contribution in [-0.4, -0.2) is 48.4 Å². The summed E-state index contributed by atoms with van der Waals surface area (Å²) in [6, 6.07) is 12.5. The summed E-state index contributed by atoms with van der Waals surface area (Å²) in [6.45, 7) is 5.24. The fourth-order valence-corrected chi connectivity index (χ4v) is 3.89. The van der Waals surface area contributed by atoms with E-state index in [-0.39, 0.29) is 13.0 Å². The molecule has 1 saturated heterocycles. The summed E-state index contributed by atoms with van der Waals surface area (Å²) in [5, 5.41) is 1.02. The third kappa shape index (κ3) is 5.98. The molecule has 3 rings (SSSR count). The lowest BCUT2D eigenvalue weighted by Gasteiger charge is -2.30. The zero-order valence-electron chi connectivity index (χ0n) is 20.4. The van der Waals surface area contributed by atoms with E-state index in [2.05, 4.69) is 5.43 Å². The first kappa shape index (κ1) is 25.7. The van der Waals surface area contributed by atoms with Crippen molar-refractivity contribution in [2.75, 3.05) is 18.6 Å². The van der Waals surface area contributed by atoms with E-state index >= 15 is 0 Å². The molecule has 2 aromatic carbocycles. The van der Waals surface area contributed by atoms with Gasteiger partial charge in [-0.05, 0) is 56.2 Å². The molecule has 1 N–H and O–H groups in total. The van der Waals surface area contributed by atoms with Crippen LogP contribution >= 0.6 is 0 Å². The van der Waals surface area contributed by atoms with E-state index < -0.39 is 35.6 Å². The second-order valence-corrected chi connectivity index (χ2v) is 8.34. The van der Waals surface area contributed by atoms with Crippen molar-refractivity contribution in [3.63, 3.8) is 0 Å². The number of aryl methyl sites for hydroxylation is 1. The average Bonchev–Trinajstić information content (AvgIpc) is 3.16. The third-order valence-electron chi connectivity index (χ3n) is 5.97. The van der Waals surface area contributed by atoms with Crippen LogP contribution in [0.3, 0.4) is 0 Å². The molecule has 0 aliphatic carbocycles. The van der Waals surface area contributed by atoms with E-state index in [1.54, 1.807) is 55.6 Å². The number of imide groups is 1. The van der Waals surface area contributed by atoms with Crippen LogP contribution in [0.4, 0.5) is 5.69 Å². The van der Waals surface area contributed by atoms with Crippen molar-refractivity contribution in [1.29, 1.82) is 0 Å². The number of nitrogens with one attached hydrogen (secondary N) is 1. The first-order valence-corrected chi connectivity index (χ1v) is 11.6. The van der Waals surface area contributed by atoms with Crippen molar-refractivity contribution in [3.8, 4) is 11.5 Å². The highest BCUT2D eigenvalue weighted by Crippen LogP contribution is 2.27. The van der Waals surface area contributed by atoms with Crippen LogP contribution in [0.25, 0.3) is 0 Å². The molecule has 1 fully saturated rings. The van der Waals surface area contributed by atoms with Gasteiger partial charge in [0.2, 0.25) is 11.8 Å². The maximum atomic E-state index is 13.3. The lowest BCUT2D eigenvalue weighted by molar-refractivity contribution is -0.151. The molecule has 1 unspecified atom stereocenters. The van der Waals surface area contributed by atoms with Gasteiger partial charge >= 0.3 is 0 Å². The Bertz CT molecular complexity index is 1060. The number of hydrazine groups is 1. The Kier molecular flexibility index (Phi) is 8.46. The Hall–Kier alpha value is -3.88. The lowest BCUT2D eigenvalue weighted by Crippen LogP contribution is -2.57. The van der Waals surface area contributed by atoms with Crippen LogP contribution in [0.1, 0.15) is 38.7 Å². The number of amides is 4. The standard InChI is InChI=1S/C26H31N3O6/c1-5-18(6-2)25(32)29(27-23(30)16-35-21-13-11-20(34-4)12-14-21)22-15-24(31)28(26(22)33)19-9-7-17(3)8-10-19/h7-14,18,22H,5-6,15-16H2,1-4H3,(H,27,30). The van der Waals surface area contributed by atoms with Crippen LogP contribution in [0.15, 0.2) is 48.5 Å².